The molecule has 0 spiro atoms. The number of methoxy groups -OCH3 is 1. The molecule has 3 nitrogen and oxygen atoms in total. The third kappa shape index (κ3) is 4.46. The topological polar surface area (TPSA) is 30.5 Å². The van der Waals surface area contributed by atoms with Crippen LogP contribution in [-0.2, 0) is 6.54 Å². The summed E-state index contributed by atoms with van der Waals surface area (Å²) in [5.74, 6) is 0.608. The Morgan fingerprint density at radius 3 is 2.71 bits per heavy atom. The number of rotatable bonds is 6. The normalized spacial score (nSPS) is 10.8. The van der Waals surface area contributed by atoms with Crippen LogP contribution in [0.4, 0.5) is 14.5 Å². The Hall–Kier alpha value is -1.05. The van der Waals surface area contributed by atoms with E-state index in [1.165, 1.54) is 24.5 Å². The first-order valence-electron chi connectivity index (χ1n) is 5.80. The summed E-state index contributed by atoms with van der Waals surface area (Å²) < 4.78 is 35.8. The van der Waals surface area contributed by atoms with Gasteiger partial charge >= 0.3 is 6.61 Å². The molecule has 0 amide bonds. The molecule has 0 saturated heterocycles. The lowest BCUT2D eigenvalue weighted by molar-refractivity contribution is -0.0493. The van der Waals surface area contributed by atoms with Crippen LogP contribution in [0.25, 0.3) is 0 Å². The Balaban J connectivity index is 2.16. The van der Waals surface area contributed by atoms with E-state index in [0.717, 1.165) is 9.35 Å². The summed E-state index contributed by atoms with van der Waals surface area (Å²) in [7, 11) is 1.50. The monoisotopic (exact) mass is 397 g/mol. The van der Waals surface area contributed by atoms with Crippen molar-refractivity contribution in [2.24, 2.45) is 0 Å². The maximum Gasteiger partial charge on any atom is 0.387 e. The van der Waals surface area contributed by atoms with Crippen molar-refractivity contribution < 1.29 is 18.3 Å². The van der Waals surface area contributed by atoms with Gasteiger partial charge in [-0.15, -0.1) is 11.3 Å². The molecule has 1 aromatic carbocycles. The van der Waals surface area contributed by atoms with Crippen LogP contribution in [0.3, 0.4) is 0 Å². The molecule has 0 radical (unpaired) electrons. The van der Waals surface area contributed by atoms with Gasteiger partial charge in [0, 0.05) is 22.0 Å². The Morgan fingerprint density at radius 1 is 1.38 bits per heavy atom. The molecule has 21 heavy (non-hydrogen) atoms. The molecular weight excluding hydrogens is 388 g/mol. The molecule has 0 bridgehead atoms. The summed E-state index contributed by atoms with van der Waals surface area (Å²) in [4.78, 5) is 0.956. The maximum absolute atomic E-state index is 12.4. The SMILES string of the molecule is COc1ccc(OC(F)F)c(NCc2cc(Br)c(Cl)s2)c1. The minimum absolute atomic E-state index is 0.0625. The van der Waals surface area contributed by atoms with Crippen LogP contribution in [0.15, 0.2) is 28.7 Å². The zero-order chi connectivity index (χ0) is 15.4. The second-order valence-electron chi connectivity index (χ2n) is 3.93. The quantitative estimate of drug-likeness (QED) is 0.708. The highest BCUT2D eigenvalue weighted by atomic mass is 79.9. The predicted octanol–water partition coefficient (Wildman–Crippen LogP) is 5.39. The van der Waals surface area contributed by atoms with Crippen LogP contribution in [0.1, 0.15) is 4.88 Å². The molecule has 0 aliphatic rings. The van der Waals surface area contributed by atoms with Crippen LogP contribution in [0, 0.1) is 0 Å². The lowest BCUT2D eigenvalue weighted by Crippen LogP contribution is -2.06. The number of hydrogen-bond acceptors (Lipinski definition) is 4. The summed E-state index contributed by atoms with van der Waals surface area (Å²) in [5, 5.41) is 3.04. The molecule has 1 N–H and O–H groups in total. The molecule has 0 aliphatic heterocycles. The molecule has 2 rings (SSSR count). The van der Waals surface area contributed by atoms with Gasteiger partial charge in [0.25, 0.3) is 0 Å². The molecule has 114 valence electrons. The van der Waals surface area contributed by atoms with Crippen molar-refractivity contribution in [3.05, 3.63) is 38.0 Å². The number of alkyl halides is 2. The van der Waals surface area contributed by atoms with Crippen LogP contribution in [0.2, 0.25) is 4.34 Å². The molecule has 0 fully saturated rings. The molecule has 1 heterocycles. The number of anilines is 1. The highest BCUT2D eigenvalue weighted by Crippen LogP contribution is 2.34. The first kappa shape index (κ1) is 16.3. The van der Waals surface area contributed by atoms with E-state index >= 15 is 0 Å². The molecule has 1 aromatic heterocycles. The number of thiophene rings is 1. The van der Waals surface area contributed by atoms with E-state index in [9.17, 15) is 8.78 Å². The van der Waals surface area contributed by atoms with Crippen molar-refractivity contribution in [1.29, 1.82) is 0 Å². The number of ether oxygens (including phenoxy) is 2. The summed E-state index contributed by atoms with van der Waals surface area (Å²) in [6.45, 7) is -2.45. The Kier molecular flexibility index (Phi) is 5.66. The van der Waals surface area contributed by atoms with Crippen LogP contribution < -0.4 is 14.8 Å². The average Bonchev–Trinajstić information content (AvgIpc) is 2.76. The first-order valence-corrected chi connectivity index (χ1v) is 7.78. The summed E-state index contributed by atoms with van der Waals surface area (Å²) in [6.07, 6.45) is 0. The Bertz CT molecular complexity index is 605. The fraction of sp³-hybridized carbons (Fsp3) is 0.231. The smallest absolute Gasteiger partial charge is 0.387 e. The molecule has 0 aliphatic carbocycles. The van der Waals surface area contributed by atoms with Crippen molar-refractivity contribution in [3.8, 4) is 11.5 Å². The van der Waals surface area contributed by atoms with Crippen LogP contribution >= 0.6 is 38.9 Å². The number of hydrogen-bond donors (Lipinski definition) is 1. The maximum atomic E-state index is 12.4. The van der Waals surface area contributed by atoms with Gasteiger partial charge in [0.1, 0.15) is 15.8 Å². The standard InChI is InChI=1S/C13H11BrClF2NO2S/c1-19-7-2-3-11(20-13(16)17)10(4-7)18-6-8-5-9(14)12(15)21-8/h2-5,13,18H,6H2,1H3. The largest absolute Gasteiger partial charge is 0.497 e. The minimum Gasteiger partial charge on any atom is -0.497 e. The molecule has 0 unspecified atom stereocenters. The van der Waals surface area contributed by atoms with E-state index in [1.54, 1.807) is 12.1 Å². The molecule has 0 atom stereocenters. The van der Waals surface area contributed by atoms with Gasteiger partial charge in [-0.1, -0.05) is 11.6 Å². The predicted molar refractivity (Wildman–Crippen MR) is 84.0 cm³/mol. The first-order chi connectivity index (χ1) is 9.99. The highest BCUT2D eigenvalue weighted by molar-refractivity contribution is 9.10. The highest BCUT2D eigenvalue weighted by Gasteiger charge is 2.12. The van der Waals surface area contributed by atoms with Gasteiger partial charge in [0.15, 0.2) is 0 Å². The summed E-state index contributed by atoms with van der Waals surface area (Å²) in [6, 6.07) is 6.46. The molecular formula is C13H11BrClF2NO2S. The van der Waals surface area contributed by atoms with E-state index in [1.807, 2.05) is 6.07 Å². The van der Waals surface area contributed by atoms with Crippen molar-refractivity contribution >= 4 is 44.6 Å². The Labute approximate surface area is 138 Å². The molecule has 0 saturated carbocycles. The van der Waals surface area contributed by atoms with Gasteiger partial charge in [-0.05, 0) is 34.1 Å². The zero-order valence-electron chi connectivity index (χ0n) is 10.8. The van der Waals surface area contributed by atoms with Crippen LogP contribution in [0.5, 0.6) is 11.5 Å². The van der Waals surface area contributed by atoms with E-state index in [2.05, 4.69) is 26.0 Å². The number of benzene rings is 1. The minimum atomic E-state index is -2.88. The van der Waals surface area contributed by atoms with Crippen molar-refractivity contribution in [1.82, 2.24) is 0 Å². The molecule has 2 aromatic rings. The van der Waals surface area contributed by atoms with Gasteiger partial charge in [0.05, 0.1) is 12.8 Å². The average molecular weight is 399 g/mol. The van der Waals surface area contributed by atoms with E-state index in [0.29, 0.717) is 22.3 Å². The summed E-state index contributed by atoms with van der Waals surface area (Å²) >= 11 is 10.7. The lowest BCUT2D eigenvalue weighted by atomic mass is 10.2. The van der Waals surface area contributed by atoms with E-state index in [4.69, 9.17) is 16.3 Å². The van der Waals surface area contributed by atoms with Gasteiger partial charge in [-0.2, -0.15) is 8.78 Å². The van der Waals surface area contributed by atoms with Gasteiger partial charge in [-0.25, -0.2) is 0 Å². The second kappa shape index (κ2) is 7.29. The lowest BCUT2D eigenvalue weighted by Gasteiger charge is -2.13. The third-order valence-corrected chi connectivity index (χ3v) is 5.03. The van der Waals surface area contributed by atoms with Gasteiger partial charge in [0.2, 0.25) is 0 Å². The van der Waals surface area contributed by atoms with Crippen molar-refractivity contribution in [3.63, 3.8) is 0 Å². The third-order valence-electron chi connectivity index (χ3n) is 2.55. The van der Waals surface area contributed by atoms with Gasteiger partial charge < -0.3 is 14.8 Å². The summed E-state index contributed by atoms with van der Waals surface area (Å²) in [5.41, 5.74) is 0.426. The van der Waals surface area contributed by atoms with Crippen molar-refractivity contribution in [2.45, 2.75) is 13.2 Å². The fourth-order valence-electron chi connectivity index (χ4n) is 1.63. The van der Waals surface area contributed by atoms with Crippen LogP contribution in [-0.4, -0.2) is 13.7 Å². The number of halogens is 4. The zero-order valence-corrected chi connectivity index (χ0v) is 14.0. The Morgan fingerprint density at radius 2 is 2.14 bits per heavy atom. The van der Waals surface area contributed by atoms with E-state index < -0.39 is 6.61 Å². The van der Waals surface area contributed by atoms with Crippen molar-refractivity contribution in [2.75, 3.05) is 12.4 Å². The fourth-order valence-corrected chi connectivity index (χ4v) is 3.36. The van der Waals surface area contributed by atoms with Gasteiger partial charge in [-0.3, -0.25) is 0 Å². The number of nitrogens with one attached hydrogen (secondary N) is 1. The van der Waals surface area contributed by atoms with E-state index in [-0.39, 0.29) is 5.75 Å². The molecule has 8 heteroatoms. The second-order valence-corrected chi connectivity index (χ2v) is 6.52.